The predicted octanol–water partition coefficient (Wildman–Crippen LogP) is 3.67. The summed E-state index contributed by atoms with van der Waals surface area (Å²) in [6, 6.07) is 5.49. The van der Waals surface area contributed by atoms with Crippen molar-refractivity contribution in [3.05, 3.63) is 45.2 Å². The summed E-state index contributed by atoms with van der Waals surface area (Å²) >= 11 is 7.39. The molecule has 6 heteroatoms. The molecule has 18 heavy (non-hydrogen) atoms. The lowest BCUT2D eigenvalue weighted by Crippen LogP contribution is -2.08. The molecule has 2 N–H and O–H groups in total. The number of hydrogen-bond acceptors (Lipinski definition) is 4. The molecule has 2 aromatic rings. The van der Waals surface area contributed by atoms with E-state index < -0.39 is 5.97 Å². The molecule has 1 unspecified atom stereocenters. The molecule has 0 aromatic carbocycles. The molecule has 4 nitrogen and oxygen atoms in total. The fourth-order valence-electron chi connectivity index (χ4n) is 1.51. The topological polar surface area (TPSA) is 62.2 Å². The molecular weight excluding hydrogens is 272 g/mol. The third-order valence-electron chi connectivity index (χ3n) is 2.42. The number of hydrogen-bond donors (Lipinski definition) is 2. The number of thiophene rings is 1. The van der Waals surface area contributed by atoms with E-state index in [9.17, 15) is 4.79 Å². The number of pyridine rings is 1. The minimum absolute atomic E-state index is 0.0487. The van der Waals surface area contributed by atoms with Gasteiger partial charge in [0.15, 0.2) is 0 Å². The van der Waals surface area contributed by atoms with E-state index in [4.69, 9.17) is 16.7 Å². The summed E-state index contributed by atoms with van der Waals surface area (Å²) < 4.78 is 0. The number of nitrogens with one attached hydrogen (secondary N) is 1. The summed E-state index contributed by atoms with van der Waals surface area (Å²) in [5.74, 6) is -0.563. The van der Waals surface area contributed by atoms with Gasteiger partial charge in [-0.3, -0.25) is 0 Å². The summed E-state index contributed by atoms with van der Waals surface area (Å²) in [4.78, 5) is 16.2. The van der Waals surface area contributed by atoms with E-state index in [1.165, 1.54) is 12.3 Å². The standard InChI is InChI=1S/C12H11ClN2O2S/c1-7(10-3-2-4-18-10)15-11-5-8(12(16)17)9(13)6-14-11/h2-7H,1H3,(H,14,15)(H,16,17). The number of rotatable bonds is 4. The van der Waals surface area contributed by atoms with Gasteiger partial charge in [0, 0.05) is 11.1 Å². The van der Waals surface area contributed by atoms with E-state index in [-0.39, 0.29) is 16.6 Å². The molecule has 0 aliphatic rings. The number of carboxylic acid groups (broad SMARTS) is 1. The predicted molar refractivity (Wildman–Crippen MR) is 72.6 cm³/mol. The third kappa shape index (κ3) is 2.80. The van der Waals surface area contributed by atoms with Gasteiger partial charge in [0.1, 0.15) is 5.82 Å². The maximum absolute atomic E-state index is 11.0. The minimum atomic E-state index is -1.06. The molecule has 0 radical (unpaired) electrons. The third-order valence-corrected chi connectivity index (χ3v) is 3.78. The number of carboxylic acids is 1. The molecule has 0 bridgehead atoms. The molecule has 2 rings (SSSR count). The fraction of sp³-hybridized carbons (Fsp3) is 0.167. The molecule has 0 spiro atoms. The largest absolute Gasteiger partial charge is 0.478 e. The highest BCUT2D eigenvalue weighted by atomic mass is 35.5. The average molecular weight is 283 g/mol. The SMILES string of the molecule is CC(Nc1cc(C(=O)O)c(Cl)cn1)c1cccs1. The molecule has 0 fully saturated rings. The van der Waals surface area contributed by atoms with E-state index in [1.807, 2.05) is 24.4 Å². The van der Waals surface area contributed by atoms with Crippen molar-refractivity contribution in [2.45, 2.75) is 13.0 Å². The highest BCUT2D eigenvalue weighted by Gasteiger charge is 2.12. The van der Waals surface area contributed by atoms with Crippen LogP contribution in [0, 0.1) is 0 Å². The Morgan fingerprint density at radius 3 is 3.00 bits per heavy atom. The van der Waals surface area contributed by atoms with Crippen molar-refractivity contribution in [2.75, 3.05) is 5.32 Å². The molecule has 0 saturated heterocycles. The highest BCUT2D eigenvalue weighted by Crippen LogP contribution is 2.24. The number of aromatic nitrogens is 1. The van der Waals surface area contributed by atoms with Crippen LogP contribution in [-0.2, 0) is 0 Å². The number of nitrogens with zero attached hydrogens (tertiary/aromatic N) is 1. The highest BCUT2D eigenvalue weighted by molar-refractivity contribution is 7.10. The molecule has 2 aromatic heterocycles. The van der Waals surface area contributed by atoms with Crippen molar-refractivity contribution in [3.63, 3.8) is 0 Å². The van der Waals surface area contributed by atoms with E-state index in [2.05, 4.69) is 10.3 Å². The zero-order valence-electron chi connectivity index (χ0n) is 9.55. The summed E-state index contributed by atoms with van der Waals surface area (Å²) in [6.07, 6.45) is 1.34. The number of halogens is 1. The second-order valence-corrected chi connectivity index (χ2v) is 5.12. The van der Waals surface area contributed by atoms with Crippen LogP contribution < -0.4 is 5.32 Å². The van der Waals surface area contributed by atoms with Crippen molar-refractivity contribution in [1.82, 2.24) is 4.98 Å². The Morgan fingerprint density at radius 2 is 2.39 bits per heavy atom. The summed E-state index contributed by atoms with van der Waals surface area (Å²) in [6.45, 7) is 1.99. The molecular formula is C12H11ClN2O2S. The van der Waals surface area contributed by atoms with Gasteiger partial charge in [0.05, 0.1) is 16.6 Å². The quantitative estimate of drug-likeness (QED) is 0.898. The normalized spacial score (nSPS) is 12.1. The van der Waals surface area contributed by atoms with Crippen molar-refractivity contribution in [1.29, 1.82) is 0 Å². The lowest BCUT2D eigenvalue weighted by molar-refractivity contribution is 0.0697. The first-order chi connectivity index (χ1) is 8.58. The Bertz CT molecular complexity index is 557. The first-order valence-corrected chi connectivity index (χ1v) is 6.52. The fourth-order valence-corrected chi connectivity index (χ4v) is 2.43. The van der Waals surface area contributed by atoms with Gasteiger partial charge >= 0.3 is 5.97 Å². The monoisotopic (exact) mass is 282 g/mol. The van der Waals surface area contributed by atoms with Gasteiger partial charge in [0.2, 0.25) is 0 Å². The molecule has 0 saturated carbocycles. The summed E-state index contributed by atoms with van der Waals surface area (Å²) in [5.41, 5.74) is 0.0487. The molecule has 1 atom stereocenters. The lowest BCUT2D eigenvalue weighted by atomic mass is 10.2. The molecule has 94 valence electrons. The van der Waals surface area contributed by atoms with E-state index in [0.29, 0.717) is 5.82 Å². The molecule has 0 aliphatic heterocycles. The maximum Gasteiger partial charge on any atom is 0.337 e. The van der Waals surface area contributed by atoms with Gasteiger partial charge in [-0.15, -0.1) is 11.3 Å². The first-order valence-electron chi connectivity index (χ1n) is 5.26. The van der Waals surface area contributed by atoms with Crippen molar-refractivity contribution < 1.29 is 9.90 Å². The van der Waals surface area contributed by atoms with Crippen LogP contribution in [0.1, 0.15) is 28.2 Å². The summed E-state index contributed by atoms with van der Waals surface area (Å²) in [5, 5.41) is 14.2. The smallest absolute Gasteiger partial charge is 0.337 e. The maximum atomic E-state index is 11.0. The van der Waals surface area contributed by atoms with Crippen molar-refractivity contribution in [3.8, 4) is 0 Å². The number of anilines is 1. The van der Waals surface area contributed by atoms with Crippen LogP contribution in [0.2, 0.25) is 5.02 Å². The van der Waals surface area contributed by atoms with Crippen LogP contribution in [0.4, 0.5) is 5.82 Å². The Hall–Kier alpha value is -1.59. The van der Waals surface area contributed by atoms with Crippen LogP contribution in [0.15, 0.2) is 29.8 Å². The van der Waals surface area contributed by atoms with Gasteiger partial charge in [-0.05, 0) is 24.4 Å². The van der Waals surface area contributed by atoms with Crippen molar-refractivity contribution in [2.24, 2.45) is 0 Å². The minimum Gasteiger partial charge on any atom is -0.478 e. The zero-order valence-corrected chi connectivity index (χ0v) is 11.1. The van der Waals surface area contributed by atoms with Crippen molar-refractivity contribution >= 4 is 34.7 Å². The summed E-state index contributed by atoms with van der Waals surface area (Å²) in [7, 11) is 0. The van der Waals surface area contributed by atoms with E-state index in [1.54, 1.807) is 11.3 Å². The Balaban J connectivity index is 2.20. The Morgan fingerprint density at radius 1 is 1.61 bits per heavy atom. The Kier molecular flexibility index (Phi) is 3.84. The molecule has 0 amide bonds. The van der Waals surface area contributed by atoms with Gasteiger partial charge in [-0.1, -0.05) is 17.7 Å². The van der Waals surface area contributed by atoms with E-state index in [0.717, 1.165) is 4.88 Å². The average Bonchev–Trinajstić information content (AvgIpc) is 2.85. The van der Waals surface area contributed by atoms with Gasteiger partial charge in [-0.2, -0.15) is 0 Å². The molecule has 0 aliphatic carbocycles. The second kappa shape index (κ2) is 5.37. The second-order valence-electron chi connectivity index (χ2n) is 3.74. The van der Waals surface area contributed by atoms with Crippen LogP contribution in [0.3, 0.4) is 0 Å². The first kappa shape index (κ1) is 12.9. The lowest BCUT2D eigenvalue weighted by Gasteiger charge is -2.13. The van der Waals surface area contributed by atoms with E-state index >= 15 is 0 Å². The van der Waals surface area contributed by atoms with Crippen LogP contribution >= 0.6 is 22.9 Å². The Labute approximate surface area is 113 Å². The zero-order chi connectivity index (χ0) is 13.1. The van der Waals surface area contributed by atoms with Gasteiger partial charge in [0.25, 0.3) is 0 Å². The number of aromatic carboxylic acids is 1. The van der Waals surface area contributed by atoms with Gasteiger partial charge in [-0.25, -0.2) is 9.78 Å². The number of carbonyl (C=O) groups is 1. The molecule has 2 heterocycles. The van der Waals surface area contributed by atoms with Crippen LogP contribution in [0.5, 0.6) is 0 Å². The van der Waals surface area contributed by atoms with Crippen LogP contribution in [0.25, 0.3) is 0 Å². The van der Waals surface area contributed by atoms with Gasteiger partial charge < -0.3 is 10.4 Å². The van der Waals surface area contributed by atoms with Crippen LogP contribution in [-0.4, -0.2) is 16.1 Å².